The van der Waals surface area contributed by atoms with Crippen LogP contribution in [0.25, 0.3) is 0 Å². The zero-order chi connectivity index (χ0) is 13.0. The summed E-state index contributed by atoms with van der Waals surface area (Å²) >= 11 is 0. The lowest BCUT2D eigenvalue weighted by atomic mass is 10.0. The molecule has 1 heterocycles. The Morgan fingerprint density at radius 2 is 2.06 bits per heavy atom. The first kappa shape index (κ1) is 12.6. The molecular weight excluding hydrogens is 226 g/mol. The summed E-state index contributed by atoms with van der Waals surface area (Å²) in [5.74, 6) is 0.719. The summed E-state index contributed by atoms with van der Waals surface area (Å²) in [7, 11) is 0. The first-order valence-electron chi connectivity index (χ1n) is 6.31. The lowest BCUT2D eigenvalue weighted by Gasteiger charge is -2.02. The van der Waals surface area contributed by atoms with Crippen molar-refractivity contribution < 1.29 is 4.52 Å². The third kappa shape index (κ3) is 3.09. The van der Waals surface area contributed by atoms with Crippen LogP contribution in [-0.2, 0) is 6.42 Å². The summed E-state index contributed by atoms with van der Waals surface area (Å²) in [5.41, 5.74) is 3.80. The maximum absolute atomic E-state index is 5.12. The van der Waals surface area contributed by atoms with Gasteiger partial charge in [0.1, 0.15) is 0 Å². The van der Waals surface area contributed by atoms with Crippen molar-refractivity contribution in [3.63, 3.8) is 0 Å². The number of nitrogens with zero attached hydrogens (tertiary/aromatic N) is 2. The molecule has 1 N–H and O–H groups in total. The van der Waals surface area contributed by atoms with Gasteiger partial charge in [0.25, 0.3) is 0 Å². The van der Waals surface area contributed by atoms with Gasteiger partial charge in [-0.2, -0.15) is 4.98 Å². The van der Waals surface area contributed by atoms with Crippen molar-refractivity contribution in [3.8, 4) is 0 Å². The van der Waals surface area contributed by atoms with Crippen LogP contribution in [0.15, 0.2) is 22.7 Å². The van der Waals surface area contributed by atoms with Crippen molar-refractivity contribution in [1.29, 1.82) is 0 Å². The van der Waals surface area contributed by atoms with Gasteiger partial charge >= 0.3 is 6.01 Å². The van der Waals surface area contributed by atoms with E-state index in [0.29, 0.717) is 12.4 Å². The standard InChI is InChI=1S/C14H19N3O/c1-4-7-15-14-16-13(17-18-14)9-12-6-5-10(2)11(3)8-12/h5-6,8H,4,7,9H2,1-3H3,(H,15,16,17). The quantitative estimate of drug-likeness (QED) is 0.879. The molecule has 0 aliphatic heterocycles. The Hall–Kier alpha value is -1.84. The van der Waals surface area contributed by atoms with Gasteiger partial charge in [-0.15, -0.1) is 0 Å². The van der Waals surface area contributed by atoms with Crippen molar-refractivity contribution in [3.05, 3.63) is 40.7 Å². The fraction of sp³-hybridized carbons (Fsp3) is 0.429. The highest BCUT2D eigenvalue weighted by atomic mass is 16.5. The van der Waals surface area contributed by atoms with Gasteiger partial charge in [0.05, 0.1) is 0 Å². The van der Waals surface area contributed by atoms with Crippen LogP contribution >= 0.6 is 0 Å². The number of aryl methyl sites for hydroxylation is 2. The van der Waals surface area contributed by atoms with Crippen LogP contribution in [0.3, 0.4) is 0 Å². The highest BCUT2D eigenvalue weighted by Crippen LogP contribution is 2.13. The zero-order valence-corrected chi connectivity index (χ0v) is 11.2. The molecular formula is C14H19N3O. The SMILES string of the molecule is CCCNc1nc(Cc2ccc(C)c(C)c2)no1. The maximum atomic E-state index is 5.12. The molecule has 0 atom stereocenters. The molecule has 0 unspecified atom stereocenters. The maximum Gasteiger partial charge on any atom is 0.321 e. The molecule has 4 nitrogen and oxygen atoms in total. The second kappa shape index (κ2) is 5.67. The minimum atomic E-state index is 0.510. The van der Waals surface area contributed by atoms with Gasteiger partial charge in [-0.1, -0.05) is 30.3 Å². The lowest BCUT2D eigenvalue weighted by molar-refractivity contribution is 0.423. The topological polar surface area (TPSA) is 51.0 Å². The second-order valence-corrected chi connectivity index (χ2v) is 4.54. The number of nitrogens with one attached hydrogen (secondary N) is 1. The van der Waals surface area contributed by atoms with Crippen molar-refractivity contribution in [2.24, 2.45) is 0 Å². The minimum absolute atomic E-state index is 0.510. The van der Waals surface area contributed by atoms with Crippen LogP contribution in [0.1, 0.15) is 35.9 Å². The van der Waals surface area contributed by atoms with Crippen LogP contribution < -0.4 is 5.32 Å². The van der Waals surface area contributed by atoms with Gasteiger partial charge in [0, 0.05) is 13.0 Å². The Balaban J connectivity index is 2.04. The summed E-state index contributed by atoms with van der Waals surface area (Å²) in [6.45, 7) is 7.17. The molecule has 0 aliphatic carbocycles. The van der Waals surface area contributed by atoms with Gasteiger partial charge in [0.2, 0.25) is 0 Å². The highest BCUT2D eigenvalue weighted by molar-refractivity contribution is 5.31. The van der Waals surface area contributed by atoms with E-state index in [9.17, 15) is 0 Å². The first-order chi connectivity index (χ1) is 8.69. The lowest BCUT2D eigenvalue weighted by Crippen LogP contribution is -2.00. The average Bonchev–Trinajstić information content (AvgIpc) is 2.79. The molecule has 0 fully saturated rings. The summed E-state index contributed by atoms with van der Waals surface area (Å²) in [4.78, 5) is 4.31. The van der Waals surface area contributed by atoms with E-state index in [1.807, 2.05) is 0 Å². The number of rotatable bonds is 5. The van der Waals surface area contributed by atoms with Gasteiger partial charge in [-0.25, -0.2) is 0 Å². The molecule has 96 valence electrons. The van der Waals surface area contributed by atoms with Crippen molar-refractivity contribution in [1.82, 2.24) is 10.1 Å². The third-order valence-electron chi connectivity index (χ3n) is 2.93. The largest absolute Gasteiger partial charge is 0.338 e. The molecule has 0 radical (unpaired) electrons. The van der Waals surface area contributed by atoms with E-state index in [0.717, 1.165) is 18.8 Å². The van der Waals surface area contributed by atoms with E-state index in [2.05, 4.69) is 54.4 Å². The Morgan fingerprint density at radius 3 is 2.78 bits per heavy atom. The van der Waals surface area contributed by atoms with Gasteiger partial charge in [-0.3, -0.25) is 0 Å². The van der Waals surface area contributed by atoms with Crippen molar-refractivity contribution in [2.45, 2.75) is 33.6 Å². The number of hydrogen-bond donors (Lipinski definition) is 1. The summed E-state index contributed by atoms with van der Waals surface area (Å²) < 4.78 is 5.12. The summed E-state index contributed by atoms with van der Waals surface area (Å²) in [6, 6.07) is 6.92. The van der Waals surface area contributed by atoms with Gasteiger partial charge < -0.3 is 9.84 Å². The van der Waals surface area contributed by atoms with Crippen LogP contribution in [-0.4, -0.2) is 16.7 Å². The number of aromatic nitrogens is 2. The predicted octanol–water partition coefficient (Wildman–Crippen LogP) is 3.10. The molecule has 1 aromatic heterocycles. The number of benzene rings is 1. The van der Waals surface area contributed by atoms with Gasteiger partial charge in [0.15, 0.2) is 5.82 Å². The monoisotopic (exact) mass is 245 g/mol. The fourth-order valence-electron chi connectivity index (χ4n) is 1.73. The second-order valence-electron chi connectivity index (χ2n) is 4.54. The molecule has 0 aliphatic rings. The molecule has 0 bridgehead atoms. The molecule has 0 amide bonds. The zero-order valence-electron chi connectivity index (χ0n) is 11.2. The average molecular weight is 245 g/mol. The van der Waals surface area contributed by atoms with Crippen molar-refractivity contribution in [2.75, 3.05) is 11.9 Å². The molecule has 2 aromatic rings. The Morgan fingerprint density at radius 1 is 1.22 bits per heavy atom. The minimum Gasteiger partial charge on any atom is -0.338 e. The molecule has 1 aromatic carbocycles. The third-order valence-corrected chi connectivity index (χ3v) is 2.93. The summed E-state index contributed by atoms with van der Waals surface area (Å²) in [5, 5.41) is 7.05. The van der Waals surface area contributed by atoms with Crippen LogP contribution in [0, 0.1) is 13.8 Å². The van der Waals surface area contributed by atoms with E-state index in [1.165, 1.54) is 16.7 Å². The van der Waals surface area contributed by atoms with Crippen molar-refractivity contribution >= 4 is 6.01 Å². The fourth-order valence-corrected chi connectivity index (χ4v) is 1.73. The number of hydrogen-bond acceptors (Lipinski definition) is 4. The van der Waals surface area contributed by atoms with Gasteiger partial charge in [-0.05, 0) is 37.0 Å². The molecule has 18 heavy (non-hydrogen) atoms. The summed E-state index contributed by atoms with van der Waals surface area (Å²) in [6.07, 6.45) is 1.74. The highest BCUT2D eigenvalue weighted by Gasteiger charge is 2.06. The first-order valence-corrected chi connectivity index (χ1v) is 6.31. The Labute approximate surface area is 107 Å². The number of anilines is 1. The van der Waals surface area contributed by atoms with Crippen LogP contribution in [0.4, 0.5) is 6.01 Å². The van der Waals surface area contributed by atoms with E-state index in [4.69, 9.17) is 4.52 Å². The predicted molar refractivity (Wildman–Crippen MR) is 71.8 cm³/mol. The van der Waals surface area contributed by atoms with E-state index >= 15 is 0 Å². The van der Waals surface area contributed by atoms with Crippen LogP contribution in [0.2, 0.25) is 0 Å². The van der Waals surface area contributed by atoms with E-state index in [-0.39, 0.29) is 0 Å². The molecule has 0 saturated carbocycles. The molecule has 0 spiro atoms. The Bertz CT molecular complexity index is 520. The molecule has 0 saturated heterocycles. The molecule has 2 rings (SSSR count). The van der Waals surface area contributed by atoms with E-state index in [1.54, 1.807) is 0 Å². The van der Waals surface area contributed by atoms with Crippen LogP contribution in [0.5, 0.6) is 0 Å². The Kier molecular flexibility index (Phi) is 3.97. The smallest absolute Gasteiger partial charge is 0.321 e. The molecule has 4 heteroatoms. The normalized spacial score (nSPS) is 10.6. The van der Waals surface area contributed by atoms with E-state index < -0.39 is 0 Å².